The summed E-state index contributed by atoms with van der Waals surface area (Å²) in [5.74, 6) is -0.577. The van der Waals surface area contributed by atoms with Gasteiger partial charge in [0, 0.05) is 25.1 Å². The van der Waals surface area contributed by atoms with E-state index in [1.165, 1.54) is 0 Å². The second-order valence-corrected chi connectivity index (χ2v) is 5.43. The monoisotopic (exact) mass is 286 g/mol. The SMILES string of the molecule is CC(NC(=O)NCC1CCC(C(=O)O)O1)C1CCOC1. The quantitative estimate of drug-likeness (QED) is 0.677. The summed E-state index contributed by atoms with van der Waals surface area (Å²) in [6.45, 7) is 3.74. The molecule has 0 aliphatic carbocycles. The number of carbonyl (C=O) groups excluding carboxylic acids is 1. The Morgan fingerprint density at radius 3 is 2.75 bits per heavy atom. The first-order valence-corrected chi connectivity index (χ1v) is 7.06. The Balaban J connectivity index is 1.64. The second kappa shape index (κ2) is 6.90. The molecule has 2 rings (SSSR count). The highest BCUT2D eigenvalue weighted by atomic mass is 16.5. The first-order chi connectivity index (χ1) is 9.56. The van der Waals surface area contributed by atoms with Gasteiger partial charge >= 0.3 is 12.0 Å². The van der Waals surface area contributed by atoms with Gasteiger partial charge in [-0.2, -0.15) is 0 Å². The van der Waals surface area contributed by atoms with E-state index in [9.17, 15) is 9.59 Å². The third-order valence-corrected chi connectivity index (χ3v) is 3.90. The van der Waals surface area contributed by atoms with Crippen molar-refractivity contribution in [3.05, 3.63) is 0 Å². The Kier molecular flexibility index (Phi) is 5.19. The molecular formula is C13H22N2O5. The highest BCUT2D eigenvalue weighted by molar-refractivity contribution is 5.74. The van der Waals surface area contributed by atoms with Gasteiger partial charge in [-0.15, -0.1) is 0 Å². The van der Waals surface area contributed by atoms with Crippen molar-refractivity contribution < 1.29 is 24.2 Å². The van der Waals surface area contributed by atoms with Crippen LogP contribution in [0.25, 0.3) is 0 Å². The largest absolute Gasteiger partial charge is 0.479 e. The fraction of sp³-hybridized carbons (Fsp3) is 0.846. The van der Waals surface area contributed by atoms with Crippen molar-refractivity contribution in [3.8, 4) is 0 Å². The summed E-state index contributed by atoms with van der Waals surface area (Å²) < 4.78 is 10.6. The predicted octanol–water partition coefficient (Wildman–Crippen LogP) is 0.343. The second-order valence-electron chi connectivity index (χ2n) is 5.43. The lowest BCUT2D eigenvalue weighted by Crippen LogP contribution is -2.46. The van der Waals surface area contributed by atoms with Crippen molar-refractivity contribution in [3.63, 3.8) is 0 Å². The van der Waals surface area contributed by atoms with E-state index in [1.807, 2.05) is 6.92 Å². The van der Waals surface area contributed by atoms with Crippen molar-refractivity contribution in [2.75, 3.05) is 19.8 Å². The van der Waals surface area contributed by atoms with Gasteiger partial charge in [0.05, 0.1) is 12.7 Å². The molecule has 3 N–H and O–H groups in total. The minimum atomic E-state index is -0.938. The molecule has 4 atom stereocenters. The molecule has 20 heavy (non-hydrogen) atoms. The molecule has 0 aromatic rings. The van der Waals surface area contributed by atoms with E-state index in [0.29, 0.717) is 31.9 Å². The third-order valence-electron chi connectivity index (χ3n) is 3.90. The van der Waals surface area contributed by atoms with Crippen LogP contribution in [0.4, 0.5) is 4.79 Å². The van der Waals surface area contributed by atoms with Gasteiger partial charge in [-0.05, 0) is 26.2 Å². The molecule has 7 heteroatoms. The lowest BCUT2D eigenvalue weighted by molar-refractivity contribution is -0.149. The van der Waals surface area contributed by atoms with Gasteiger partial charge < -0.3 is 25.2 Å². The number of urea groups is 1. The van der Waals surface area contributed by atoms with Crippen LogP contribution < -0.4 is 10.6 Å². The van der Waals surface area contributed by atoms with Gasteiger partial charge in [-0.3, -0.25) is 0 Å². The Hall–Kier alpha value is -1.34. The fourth-order valence-corrected chi connectivity index (χ4v) is 2.57. The summed E-state index contributed by atoms with van der Waals surface area (Å²) in [5.41, 5.74) is 0. The van der Waals surface area contributed by atoms with Crippen molar-refractivity contribution >= 4 is 12.0 Å². The van der Waals surface area contributed by atoms with Crippen molar-refractivity contribution in [2.45, 2.75) is 44.4 Å². The number of carboxylic acids is 1. The van der Waals surface area contributed by atoms with Crippen LogP contribution >= 0.6 is 0 Å². The minimum absolute atomic E-state index is 0.0637. The Morgan fingerprint density at radius 1 is 1.35 bits per heavy atom. The first kappa shape index (κ1) is 15.1. The number of nitrogens with one attached hydrogen (secondary N) is 2. The van der Waals surface area contributed by atoms with Crippen LogP contribution in [0.2, 0.25) is 0 Å². The maximum absolute atomic E-state index is 11.7. The maximum atomic E-state index is 11.7. The number of aliphatic carboxylic acids is 1. The molecule has 0 bridgehead atoms. The molecule has 4 unspecified atom stereocenters. The molecule has 0 spiro atoms. The molecule has 0 aromatic carbocycles. The molecule has 2 saturated heterocycles. The van der Waals surface area contributed by atoms with Crippen molar-refractivity contribution in [2.24, 2.45) is 5.92 Å². The molecule has 0 saturated carbocycles. The molecular weight excluding hydrogens is 264 g/mol. The van der Waals surface area contributed by atoms with Gasteiger partial charge in [0.25, 0.3) is 0 Å². The van der Waals surface area contributed by atoms with Crippen LogP contribution in [-0.4, -0.2) is 55.1 Å². The average Bonchev–Trinajstić information content (AvgIpc) is 3.07. The number of carbonyl (C=O) groups is 2. The number of rotatable bonds is 5. The van der Waals surface area contributed by atoms with E-state index < -0.39 is 12.1 Å². The zero-order valence-electron chi connectivity index (χ0n) is 11.6. The van der Waals surface area contributed by atoms with E-state index in [1.54, 1.807) is 0 Å². The molecule has 2 fully saturated rings. The van der Waals surface area contributed by atoms with Crippen molar-refractivity contribution in [1.82, 2.24) is 10.6 Å². The van der Waals surface area contributed by atoms with Gasteiger partial charge in [-0.1, -0.05) is 0 Å². The summed E-state index contributed by atoms with van der Waals surface area (Å²) in [7, 11) is 0. The third kappa shape index (κ3) is 4.08. The van der Waals surface area contributed by atoms with Crippen LogP contribution in [0, 0.1) is 5.92 Å². The molecule has 7 nitrogen and oxygen atoms in total. The van der Waals surface area contributed by atoms with Gasteiger partial charge in [-0.25, -0.2) is 9.59 Å². The zero-order chi connectivity index (χ0) is 14.5. The number of hydrogen-bond donors (Lipinski definition) is 3. The molecule has 2 heterocycles. The number of ether oxygens (including phenoxy) is 2. The summed E-state index contributed by atoms with van der Waals surface area (Å²) in [5, 5.41) is 14.4. The lowest BCUT2D eigenvalue weighted by Gasteiger charge is -2.20. The van der Waals surface area contributed by atoms with E-state index in [4.69, 9.17) is 14.6 Å². The predicted molar refractivity (Wildman–Crippen MR) is 70.5 cm³/mol. The molecule has 114 valence electrons. The number of carboxylic acid groups (broad SMARTS) is 1. The Bertz CT molecular complexity index is 357. The smallest absolute Gasteiger partial charge is 0.332 e. The first-order valence-electron chi connectivity index (χ1n) is 7.06. The normalized spacial score (nSPS) is 30.9. The van der Waals surface area contributed by atoms with E-state index in [2.05, 4.69) is 10.6 Å². The van der Waals surface area contributed by atoms with E-state index in [0.717, 1.165) is 13.0 Å². The molecule has 0 radical (unpaired) electrons. The van der Waals surface area contributed by atoms with Crippen LogP contribution in [0.15, 0.2) is 0 Å². The topological polar surface area (TPSA) is 96.9 Å². The highest BCUT2D eigenvalue weighted by Gasteiger charge is 2.30. The fourth-order valence-electron chi connectivity index (χ4n) is 2.57. The van der Waals surface area contributed by atoms with E-state index in [-0.39, 0.29) is 18.2 Å². The van der Waals surface area contributed by atoms with Crippen molar-refractivity contribution in [1.29, 1.82) is 0 Å². The van der Waals surface area contributed by atoms with Crippen LogP contribution in [0.5, 0.6) is 0 Å². The van der Waals surface area contributed by atoms with Crippen LogP contribution in [-0.2, 0) is 14.3 Å². The summed E-state index contributed by atoms with van der Waals surface area (Å²) >= 11 is 0. The number of amides is 2. The maximum Gasteiger partial charge on any atom is 0.332 e. The van der Waals surface area contributed by atoms with Gasteiger partial charge in [0.2, 0.25) is 0 Å². The van der Waals surface area contributed by atoms with Gasteiger partial charge in [0.15, 0.2) is 6.10 Å². The lowest BCUT2D eigenvalue weighted by atomic mass is 10.0. The molecule has 0 aromatic heterocycles. The Labute approximate surface area is 118 Å². The minimum Gasteiger partial charge on any atom is -0.479 e. The average molecular weight is 286 g/mol. The highest BCUT2D eigenvalue weighted by Crippen LogP contribution is 2.19. The summed E-state index contributed by atoms with van der Waals surface area (Å²) in [4.78, 5) is 22.5. The van der Waals surface area contributed by atoms with Gasteiger partial charge in [0.1, 0.15) is 0 Å². The summed E-state index contributed by atoms with van der Waals surface area (Å²) in [6.07, 6.45) is 1.17. The number of hydrogen-bond acceptors (Lipinski definition) is 4. The van der Waals surface area contributed by atoms with E-state index >= 15 is 0 Å². The Morgan fingerprint density at radius 2 is 2.15 bits per heavy atom. The molecule has 2 aliphatic rings. The van der Waals surface area contributed by atoms with Crippen LogP contribution in [0.3, 0.4) is 0 Å². The standard InChI is InChI=1S/C13H22N2O5/c1-8(9-4-5-19-7-9)15-13(18)14-6-10-2-3-11(20-10)12(16)17/h8-11H,2-7H2,1H3,(H,16,17)(H2,14,15,18). The molecule has 2 aliphatic heterocycles. The van der Waals surface area contributed by atoms with Crippen LogP contribution in [0.1, 0.15) is 26.2 Å². The zero-order valence-corrected chi connectivity index (χ0v) is 11.6. The summed E-state index contributed by atoms with van der Waals surface area (Å²) in [6, 6.07) is -0.180. The molecule has 2 amide bonds.